The lowest BCUT2D eigenvalue weighted by atomic mass is 9.87. The van der Waals surface area contributed by atoms with Crippen molar-refractivity contribution in [1.29, 1.82) is 0 Å². The Morgan fingerprint density at radius 3 is 2.35 bits per heavy atom. The van der Waals surface area contributed by atoms with E-state index in [1.54, 1.807) is 7.11 Å². The molecule has 0 unspecified atom stereocenters. The number of carbonyl (C=O) groups is 1. The minimum absolute atomic E-state index is 0.0431. The Labute approximate surface area is 186 Å². The third-order valence-corrected chi connectivity index (χ3v) is 5.57. The molecule has 1 fully saturated rings. The predicted octanol–water partition coefficient (Wildman–Crippen LogP) is 3.31. The highest BCUT2D eigenvalue weighted by atomic mass is 16.5. The molecule has 31 heavy (non-hydrogen) atoms. The lowest BCUT2D eigenvalue weighted by Crippen LogP contribution is -2.49. The summed E-state index contributed by atoms with van der Waals surface area (Å²) in [5.41, 5.74) is 2.57. The molecule has 2 aromatic carbocycles. The summed E-state index contributed by atoms with van der Waals surface area (Å²) >= 11 is 0. The van der Waals surface area contributed by atoms with Crippen molar-refractivity contribution < 1.29 is 14.3 Å². The Bertz CT molecular complexity index is 838. The fourth-order valence-electron chi connectivity index (χ4n) is 3.64. The summed E-state index contributed by atoms with van der Waals surface area (Å²) in [7, 11) is 1.68. The molecule has 2 aromatic rings. The first kappa shape index (κ1) is 22.9. The third-order valence-electron chi connectivity index (χ3n) is 5.57. The number of nitrogens with zero attached hydrogens (tertiary/aromatic N) is 2. The molecule has 1 aliphatic heterocycles. The van der Waals surface area contributed by atoms with Crippen LogP contribution >= 0.6 is 0 Å². The van der Waals surface area contributed by atoms with E-state index >= 15 is 0 Å². The second kappa shape index (κ2) is 10.5. The number of nitrogens with one attached hydrogen (secondary N) is 1. The monoisotopic (exact) mass is 425 g/mol. The van der Waals surface area contributed by atoms with Gasteiger partial charge in [0.15, 0.2) is 0 Å². The maximum absolute atomic E-state index is 12.3. The summed E-state index contributed by atoms with van der Waals surface area (Å²) < 4.78 is 11.1. The predicted molar refractivity (Wildman–Crippen MR) is 125 cm³/mol. The Morgan fingerprint density at radius 2 is 1.71 bits per heavy atom. The molecular weight excluding hydrogens is 390 g/mol. The topological polar surface area (TPSA) is 54.0 Å². The van der Waals surface area contributed by atoms with Crippen molar-refractivity contribution in [1.82, 2.24) is 10.2 Å². The molecule has 0 radical (unpaired) electrons. The summed E-state index contributed by atoms with van der Waals surface area (Å²) in [6, 6.07) is 16.3. The molecule has 0 spiro atoms. The van der Waals surface area contributed by atoms with Crippen LogP contribution in [0, 0.1) is 0 Å². The summed E-state index contributed by atoms with van der Waals surface area (Å²) in [5.74, 6) is 1.74. The number of hydrogen-bond acceptors (Lipinski definition) is 5. The first-order valence-electron chi connectivity index (χ1n) is 11.0. The fourth-order valence-corrected chi connectivity index (χ4v) is 3.64. The summed E-state index contributed by atoms with van der Waals surface area (Å²) in [6.07, 6.45) is 0. The molecule has 168 valence electrons. The van der Waals surface area contributed by atoms with Crippen LogP contribution in [-0.2, 0) is 10.2 Å². The SMILES string of the molecule is COc1cccc(N2CCN(CC(=O)NCCOc3ccc(C(C)(C)C)cc3)CC2)c1. The summed E-state index contributed by atoms with van der Waals surface area (Å²) in [6.45, 7) is 11.5. The van der Waals surface area contributed by atoms with Gasteiger partial charge in [0.05, 0.1) is 20.2 Å². The van der Waals surface area contributed by atoms with Crippen LogP contribution in [-0.4, -0.2) is 63.8 Å². The molecule has 1 aliphatic rings. The molecule has 1 amide bonds. The van der Waals surface area contributed by atoms with E-state index in [0.29, 0.717) is 19.7 Å². The van der Waals surface area contributed by atoms with Crippen LogP contribution in [0.2, 0.25) is 0 Å². The highest BCUT2D eigenvalue weighted by Gasteiger charge is 2.19. The number of anilines is 1. The average Bonchev–Trinajstić information content (AvgIpc) is 2.77. The first-order chi connectivity index (χ1) is 14.8. The molecule has 1 saturated heterocycles. The van der Waals surface area contributed by atoms with E-state index in [9.17, 15) is 4.79 Å². The second-order valence-corrected chi connectivity index (χ2v) is 8.94. The molecule has 0 aromatic heterocycles. The van der Waals surface area contributed by atoms with Gasteiger partial charge in [-0.25, -0.2) is 0 Å². The zero-order valence-corrected chi connectivity index (χ0v) is 19.2. The van der Waals surface area contributed by atoms with Gasteiger partial charge in [0.2, 0.25) is 5.91 Å². The van der Waals surface area contributed by atoms with Gasteiger partial charge in [0, 0.05) is 37.9 Å². The van der Waals surface area contributed by atoms with Crippen LogP contribution in [0.4, 0.5) is 5.69 Å². The van der Waals surface area contributed by atoms with Gasteiger partial charge in [-0.3, -0.25) is 9.69 Å². The summed E-state index contributed by atoms with van der Waals surface area (Å²) in [5, 5.41) is 2.96. The van der Waals surface area contributed by atoms with E-state index in [1.807, 2.05) is 24.3 Å². The number of rotatable bonds is 8. The molecule has 0 aliphatic carbocycles. The molecule has 3 rings (SSSR count). The van der Waals surface area contributed by atoms with Gasteiger partial charge in [-0.15, -0.1) is 0 Å². The zero-order chi connectivity index (χ0) is 22.3. The Morgan fingerprint density at radius 1 is 1.00 bits per heavy atom. The molecule has 0 atom stereocenters. The number of ether oxygens (including phenoxy) is 2. The van der Waals surface area contributed by atoms with Crippen molar-refractivity contribution in [3.05, 3.63) is 54.1 Å². The van der Waals surface area contributed by atoms with Gasteiger partial charge in [0.1, 0.15) is 18.1 Å². The Kier molecular flexibility index (Phi) is 7.80. The second-order valence-electron chi connectivity index (χ2n) is 8.94. The molecule has 1 N–H and O–H groups in total. The van der Waals surface area contributed by atoms with E-state index in [-0.39, 0.29) is 11.3 Å². The number of carbonyl (C=O) groups excluding carboxylic acids is 1. The lowest BCUT2D eigenvalue weighted by Gasteiger charge is -2.35. The van der Waals surface area contributed by atoms with E-state index in [1.165, 1.54) is 5.56 Å². The maximum atomic E-state index is 12.3. The van der Waals surface area contributed by atoms with Crippen molar-refractivity contribution in [2.24, 2.45) is 0 Å². The summed E-state index contributed by atoms with van der Waals surface area (Å²) in [4.78, 5) is 16.8. The lowest BCUT2D eigenvalue weighted by molar-refractivity contribution is -0.122. The highest BCUT2D eigenvalue weighted by molar-refractivity contribution is 5.78. The number of piperazine rings is 1. The number of amides is 1. The number of benzene rings is 2. The minimum atomic E-state index is 0.0431. The Balaban J connectivity index is 1.33. The zero-order valence-electron chi connectivity index (χ0n) is 19.2. The van der Waals surface area contributed by atoms with Gasteiger partial charge in [-0.2, -0.15) is 0 Å². The van der Waals surface area contributed by atoms with Crippen molar-refractivity contribution in [3.8, 4) is 11.5 Å². The molecule has 1 heterocycles. The van der Waals surface area contributed by atoms with Crippen LogP contribution in [0.1, 0.15) is 26.3 Å². The molecule has 0 saturated carbocycles. The largest absolute Gasteiger partial charge is 0.497 e. The van der Waals surface area contributed by atoms with Crippen molar-refractivity contribution in [3.63, 3.8) is 0 Å². The van der Waals surface area contributed by atoms with E-state index in [4.69, 9.17) is 9.47 Å². The maximum Gasteiger partial charge on any atom is 0.234 e. The standard InChI is InChI=1S/C25H35N3O3/c1-25(2,3)20-8-10-22(11-9-20)31-17-12-26-24(29)19-27-13-15-28(16-14-27)21-6-5-7-23(18-21)30-4/h5-11,18H,12-17,19H2,1-4H3,(H,26,29). The molecule has 0 bridgehead atoms. The van der Waals surface area contributed by atoms with Crippen LogP contribution in [0.15, 0.2) is 48.5 Å². The first-order valence-corrected chi connectivity index (χ1v) is 11.0. The van der Waals surface area contributed by atoms with Crippen molar-refractivity contribution >= 4 is 11.6 Å². The van der Waals surface area contributed by atoms with Gasteiger partial charge in [-0.1, -0.05) is 39.0 Å². The van der Waals surface area contributed by atoms with Crippen molar-refractivity contribution in [2.45, 2.75) is 26.2 Å². The van der Waals surface area contributed by atoms with E-state index in [2.05, 4.69) is 60.2 Å². The van der Waals surface area contributed by atoms with Crippen LogP contribution in [0.5, 0.6) is 11.5 Å². The smallest absolute Gasteiger partial charge is 0.234 e. The molecule has 6 heteroatoms. The van der Waals surface area contributed by atoms with Crippen LogP contribution in [0.25, 0.3) is 0 Å². The highest BCUT2D eigenvalue weighted by Crippen LogP contribution is 2.24. The van der Waals surface area contributed by atoms with Gasteiger partial charge < -0.3 is 19.7 Å². The normalized spacial score (nSPS) is 14.9. The van der Waals surface area contributed by atoms with Crippen LogP contribution < -0.4 is 19.7 Å². The van der Waals surface area contributed by atoms with E-state index < -0.39 is 0 Å². The molecular formula is C25H35N3O3. The third kappa shape index (κ3) is 6.89. The van der Waals surface area contributed by atoms with Gasteiger partial charge in [-0.05, 0) is 35.2 Å². The quantitative estimate of drug-likeness (QED) is 0.658. The van der Waals surface area contributed by atoms with E-state index in [0.717, 1.165) is 43.4 Å². The average molecular weight is 426 g/mol. The minimum Gasteiger partial charge on any atom is -0.497 e. The number of methoxy groups -OCH3 is 1. The van der Waals surface area contributed by atoms with Gasteiger partial charge in [0.25, 0.3) is 0 Å². The van der Waals surface area contributed by atoms with Gasteiger partial charge >= 0.3 is 0 Å². The van der Waals surface area contributed by atoms with Crippen molar-refractivity contribution in [2.75, 3.05) is 57.9 Å². The fraction of sp³-hybridized carbons (Fsp3) is 0.480. The number of hydrogen-bond donors (Lipinski definition) is 1. The Hall–Kier alpha value is -2.73. The van der Waals surface area contributed by atoms with Crippen LogP contribution in [0.3, 0.4) is 0 Å². The molecule has 6 nitrogen and oxygen atoms in total.